The molecule has 0 unspecified atom stereocenters. The fourth-order valence-corrected chi connectivity index (χ4v) is 2.96. The first kappa shape index (κ1) is 6.47. The summed E-state index contributed by atoms with van der Waals surface area (Å²) in [6.45, 7) is 8.15. The summed E-state index contributed by atoms with van der Waals surface area (Å²) in [7, 11) is 0. The van der Waals surface area contributed by atoms with Gasteiger partial charge in [-0.2, -0.15) is 0 Å². The summed E-state index contributed by atoms with van der Waals surface area (Å²) >= 11 is 0. The maximum atomic E-state index is 4.08. The molecule has 4 atom stereocenters. The molecule has 0 amide bonds. The second-order valence-corrected chi connectivity index (χ2v) is 4.07. The Kier molecular flexibility index (Phi) is 0.982. The van der Waals surface area contributed by atoms with E-state index in [1.54, 1.807) is 0 Å². The minimum absolute atomic E-state index is 0.692. The van der Waals surface area contributed by atoms with Gasteiger partial charge in [0.25, 0.3) is 0 Å². The van der Waals surface area contributed by atoms with E-state index in [1.807, 2.05) is 0 Å². The summed E-state index contributed by atoms with van der Waals surface area (Å²) in [4.78, 5) is 0. The van der Waals surface area contributed by atoms with Gasteiger partial charge in [-0.3, -0.25) is 0 Å². The molecule has 3 aliphatic rings. The van der Waals surface area contributed by atoms with Gasteiger partial charge in [-0.25, -0.2) is 0 Å². The first-order chi connectivity index (χ1) is 5.79. The van der Waals surface area contributed by atoms with E-state index >= 15 is 0 Å². The number of rotatable bonds is 0. The zero-order valence-corrected chi connectivity index (χ0v) is 7.03. The second-order valence-electron chi connectivity index (χ2n) is 4.07. The summed E-state index contributed by atoms with van der Waals surface area (Å²) in [5, 5.41) is 0. The molecule has 0 radical (unpaired) electrons. The maximum absolute atomic E-state index is 4.08. The standard InChI is InChI=1S/C12H12/c1-7-3-5-9-10-6-4-8(2)12(10)11(7)9/h3-6,9-12H,1-2H2/t9-,10+,11-,12+. The van der Waals surface area contributed by atoms with Gasteiger partial charge in [0.15, 0.2) is 0 Å². The quantitative estimate of drug-likeness (QED) is 0.506. The van der Waals surface area contributed by atoms with E-state index in [4.69, 9.17) is 0 Å². The van der Waals surface area contributed by atoms with Gasteiger partial charge in [0, 0.05) is 0 Å². The average molecular weight is 156 g/mol. The second kappa shape index (κ2) is 1.82. The van der Waals surface area contributed by atoms with Gasteiger partial charge in [0.05, 0.1) is 0 Å². The highest BCUT2D eigenvalue weighted by Crippen LogP contribution is 2.59. The molecule has 0 aromatic carbocycles. The van der Waals surface area contributed by atoms with Gasteiger partial charge in [-0.1, -0.05) is 48.6 Å². The average Bonchev–Trinajstić information content (AvgIpc) is 2.41. The van der Waals surface area contributed by atoms with E-state index in [2.05, 4.69) is 37.5 Å². The molecule has 0 heteroatoms. The van der Waals surface area contributed by atoms with E-state index in [1.165, 1.54) is 11.1 Å². The summed E-state index contributed by atoms with van der Waals surface area (Å²) in [6.07, 6.45) is 9.01. The van der Waals surface area contributed by atoms with Crippen LogP contribution in [0.2, 0.25) is 0 Å². The largest absolute Gasteiger partial charge is 0.0955 e. The van der Waals surface area contributed by atoms with Crippen molar-refractivity contribution in [1.29, 1.82) is 0 Å². The lowest BCUT2D eigenvalue weighted by atomic mass is 9.57. The molecule has 3 rings (SSSR count). The normalized spacial score (nSPS) is 47.7. The van der Waals surface area contributed by atoms with E-state index in [-0.39, 0.29) is 0 Å². The van der Waals surface area contributed by atoms with Gasteiger partial charge in [-0.05, 0) is 23.7 Å². The van der Waals surface area contributed by atoms with Crippen LogP contribution in [-0.4, -0.2) is 0 Å². The highest BCUT2D eigenvalue weighted by molar-refractivity contribution is 5.45. The van der Waals surface area contributed by atoms with Crippen LogP contribution < -0.4 is 0 Å². The van der Waals surface area contributed by atoms with Crippen molar-refractivity contribution in [3.63, 3.8) is 0 Å². The van der Waals surface area contributed by atoms with Gasteiger partial charge in [0.1, 0.15) is 0 Å². The van der Waals surface area contributed by atoms with Crippen LogP contribution in [0.5, 0.6) is 0 Å². The van der Waals surface area contributed by atoms with Gasteiger partial charge < -0.3 is 0 Å². The van der Waals surface area contributed by atoms with Crippen LogP contribution in [-0.2, 0) is 0 Å². The zero-order valence-electron chi connectivity index (χ0n) is 7.03. The number of allylic oxidation sites excluding steroid dienone is 6. The molecule has 0 bridgehead atoms. The van der Waals surface area contributed by atoms with Crippen molar-refractivity contribution in [3.8, 4) is 0 Å². The fraction of sp³-hybridized carbons (Fsp3) is 0.333. The van der Waals surface area contributed by atoms with Crippen molar-refractivity contribution in [2.45, 2.75) is 0 Å². The van der Waals surface area contributed by atoms with Crippen LogP contribution >= 0.6 is 0 Å². The predicted octanol–water partition coefficient (Wildman–Crippen LogP) is 2.72. The fourth-order valence-electron chi connectivity index (χ4n) is 2.96. The molecule has 0 heterocycles. The molecule has 0 nitrogen and oxygen atoms in total. The van der Waals surface area contributed by atoms with Crippen LogP contribution in [0.15, 0.2) is 48.6 Å². The zero-order chi connectivity index (χ0) is 8.29. The van der Waals surface area contributed by atoms with Crippen LogP contribution in [0.25, 0.3) is 0 Å². The van der Waals surface area contributed by atoms with E-state index in [0.717, 1.165) is 11.8 Å². The minimum Gasteiger partial charge on any atom is -0.0955 e. The molecule has 60 valence electrons. The van der Waals surface area contributed by atoms with Crippen LogP contribution in [0.3, 0.4) is 0 Å². The van der Waals surface area contributed by atoms with Crippen molar-refractivity contribution in [2.24, 2.45) is 23.7 Å². The molecule has 12 heavy (non-hydrogen) atoms. The Hall–Kier alpha value is -1.04. The lowest BCUT2D eigenvalue weighted by Gasteiger charge is -2.45. The number of fused-ring (bicyclic) bond motifs is 4. The van der Waals surface area contributed by atoms with Gasteiger partial charge in [0.2, 0.25) is 0 Å². The molecular formula is C12H12. The third-order valence-electron chi connectivity index (χ3n) is 3.58. The molecule has 0 aliphatic heterocycles. The SMILES string of the molecule is C=C1C=C[C@@H]2[C@@H]3C=CC(=C)[C@@H]3[C@H]12. The highest BCUT2D eigenvalue weighted by Gasteiger charge is 2.53. The van der Waals surface area contributed by atoms with Crippen LogP contribution in [0.1, 0.15) is 0 Å². The Balaban J connectivity index is 2.01. The van der Waals surface area contributed by atoms with Crippen molar-refractivity contribution < 1.29 is 0 Å². The summed E-state index contributed by atoms with van der Waals surface area (Å²) < 4.78 is 0. The summed E-state index contributed by atoms with van der Waals surface area (Å²) in [6, 6.07) is 0. The lowest BCUT2D eigenvalue weighted by molar-refractivity contribution is 0.130. The predicted molar refractivity (Wildman–Crippen MR) is 50.5 cm³/mol. The molecule has 0 aromatic heterocycles. The van der Waals surface area contributed by atoms with E-state index in [9.17, 15) is 0 Å². The van der Waals surface area contributed by atoms with Gasteiger partial charge >= 0.3 is 0 Å². The van der Waals surface area contributed by atoms with Crippen molar-refractivity contribution in [3.05, 3.63) is 48.6 Å². The van der Waals surface area contributed by atoms with E-state index in [0.29, 0.717) is 11.8 Å². The summed E-state index contributed by atoms with van der Waals surface area (Å²) in [5.41, 5.74) is 2.62. The Bertz CT molecular complexity index is 296. The van der Waals surface area contributed by atoms with Crippen LogP contribution in [0, 0.1) is 23.7 Å². The van der Waals surface area contributed by atoms with Gasteiger partial charge in [-0.15, -0.1) is 0 Å². The molecule has 1 saturated carbocycles. The molecule has 0 spiro atoms. The van der Waals surface area contributed by atoms with Crippen molar-refractivity contribution in [2.75, 3.05) is 0 Å². The Labute approximate surface area is 73.0 Å². The molecule has 0 N–H and O–H groups in total. The van der Waals surface area contributed by atoms with Crippen LogP contribution in [0.4, 0.5) is 0 Å². The van der Waals surface area contributed by atoms with Crippen molar-refractivity contribution in [1.82, 2.24) is 0 Å². The molecule has 0 aromatic rings. The van der Waals surface area contributed by atoms with Crippen molar-refractivity contribution >= 4 is 0 Å². The molecule has 0 saturated heterocycles. The molecule has 3 aliphatic carbocycles. The maximum Gasteiger partial charge on any atom is -0.00245 e. The first-order valence-electron chi connectivity index (χ1n) is 4.53. The third kappa shape index (κ3) is 0.523. The lowest BCUT2D eigenvalue weighted by Crippen LogP contribution is -2.41. The first-order valence-corrected chi connectivity index (χ1v) is 4.53. The molecular weight excluding hydrogens is 144 g/mol. The molecule has 1 fully saturated rings. The third-order valence-corrected chi connectivity index (χ3v) is 3.58. The monoisotopic (exact) mass is 156 g/mol. The Morgan fingerprint density at radius 3 is 1.67 bits per heavy atom. The Morgan fingerprint density at radius 1 is 0.833 bits per heavy atom. The topological polar surface area (TPSA) is 0 Å². The Morgan fingerprint density at radius 2 is 1.25 bits per heavy atom. The number of hydrogen-bond acceptors (Lipinski definition) is 0. The van der Waals surface area contributed by atoms with E-state index < -0.39 is 0 Å². The number of hydrogen-bond donors (Lipinski definition) is 0. The summed E-state index contributed by atoms with van der Waals surface area (Å²) in [5.74, 6) is 2.88. The highest BCUT2D eigenvalue weighted by atomic mass is 14.6. The minimum atomic E-state index is 0.692. The smallest absolute Gasteiger partial charge is 0.00245 e.